The summed E-state index contributed by atoms with van der Waals surface area (Å²) in [6, 6.07) is 3.65. The molecule has 1 saturated heterocycles. The van der Waals surface area contributed by atoms with Crippen LogP contribution in [0.25, 0.3) is 0 Å². The van der Waals surface area contributed by atoms with Crippen LogP contribution in [0.3, 0.4) is 0 Å². The minimum Gasteiger partial charge on any atom is -0.379 e. The molecule has 6 nitrogen and oxygen atoms in total. The normalized spacial score (nSPS) is 33.9. The van der Waals surface area contributed by atoms with Crippen molar-refractivity contribution >= 4 is 15.9 Å². The molecule has 1 aromatic rings. The van der Waals surface area contributed by atoms with Crippen molar-refractivity contribution in [1.29, 1.82) is 0 Å². The molecule has 5 fully saturated rings. The molecule has 31 heavy (non-hydrogen) atoms. The van der Waals surface area contributed by atoms with Gasteiger partial charge in [-0.15, -0.1) is 0 Å². The summed E-state index contributed by atoms with van der Waals surface area (Å²) in [4.78, 5) is 12.6. The van der Waals surface area contributed by atoms with E-state index in [1.807, 2.05) is 0 Å². The number of hydrogen-bond donors (Lipinski definition) is 1. The third-order valence-corrected chi connectivity index (χ3v) is 10.0. The Morgan fingerprint density at radius 3 is 2.29 bits per heavy atom. The molecule has 1 atom stereocenters. The SMILES string of the molecule is C[C@@H](NC(=O)c1ccc(F)c(S(=O)(=O)N2CCOCC2)c1)C12CC3CC(CC(C3)C1)C2. The molecule has 1 aromatic carbocycles. The van der Waals surface area contributed by atoms with E-state index in [1.165, 1.54) is 55.0 Å². The van der Waals surface area contributed by atoms with E-state index >= 15 is 0 Å². The molecule has 1 heterocycles. The number of carbonyl (C=O) groups is 1. The van der Waals surface area contributed by atoms with Crippen molar-refractivity contribution in [3.8, 4) is 0 Å². The van der Waals surface area contributed by atoms with Crippen molar-refractivity contribution < 1.29 is 22.3 Å². The lowest BCUT2D eigenvalue weighted by molar-refractivity contribution is -0.0688. The smallest absolute Gasteiger partial charge is 0.251 e. The average molecular weight is 451 g/mol. The van der Waals surface area contributed by atoms with Crippen LogP contribution < -0.4 is 5.32 Å². The van der Waals surface area contributed by atoms with Crippen LogP contribution in [0.15, 0.2) is 23.1 Å². The van der Waals surface area contributed by atoms with Crippen molar-refractivity contribution in [3.05, 3.63) is 29.6 Å². The third-order valence-electron chi connectivity index (χ3n) is 8.13. The van der Waals surface area contributed by atoms with Gasteiger partial charge in [-0.2, -0.15) is 4.31 Å². The number of nitrogens with one attached hydrogen (secondary N) is 1. The zero-order valence-electron chi connectivity index (χ0n) is 18.0. The number of morpholine rings is 1. The van der Waals surface area contributed by atoms with Gasteiger partial charge in [0.25, 0.3) is 5.91 Å². The highest BCUT2D eigenvalue weighted by Crippen LogP contribution is 2.61. The first-order valence-electron chi connectivity index (χ1n) is 11.5. The van der Waals surface area contributed by atoms with Crippen LogP contribution in [0.1, 0.15) is 55.8 Å². The fourth-order valence-corrected chi connectivity index (χ4v) is 8.41. The molecule has 6 rings (SSSR count). The van der Waals surface area contributed by atoms with Crippen LogP contribution in [-0.4, -0.2) is 51.0 Å². The summed E-state index contributed by atoms with van der Waals surface area (Å²) < 4.78 is 46.8. The molecule has 1 N–H and O–H groups in total. The van der Waals surface area contributed by atoms with Crippen LogP contribution >= 0.6 is 0 Å². The molecule has 0 radical (unpaired) electrons. The lowest BCUT2D eigenvalue weighted by Crippen LogP contribution is -2.55. The quantitative estimate of drug-likeness (QED) is 0.748. The van der Waals surface area contributed by atoms with Crippen molar-refractivity contribution in [2.45, 2.75) is 56.4 Å². The topological polar surface area (TPSA) is 75.7 Å². The standard InChI is InChI=1S/C23H31FN2O4S/c1-15(23-12-16-8-17(13-23)10-18(9-16)14-23)25-22(27)19-2-3-20(24)21(11-19)31(28,29)26-4-6-30-7-5-26/h2-3,11,15-18H,4-10,12-14H2,1H3,(H,25,27)/t15-,16?,17?,18?,23?/m1/s1. The molecule has 170 valence electrons. The number of hydrogen-bond acceptors (Lipinski definition) is 4. The molecule has 1 aliphatic heterocycles. The number of sulfonamides is 1. The Bertz CT molecular complexity index is 939. The molecule has 4 bridgehead atoms. The summed E-state index contributed by atoms with van der Waals surface area (Å²) >= 11 is 0. The Morgan fingerprint density at radius 2 is 1.71 bits per heavy atom. The van der Waals surface area contributed by atoms with E-state index in [4.69, 9.17) is 4.74 Å². The van der Waals surface area contributed by atoms with Gasteiger partial charge < -0.3 is 10.1 Å². The van der Waals surface area contributed by atoms with Gasteiger partial charge in [-0.1, -0.05) is 0 Å². The van der Waals surface area contributed by atoms with Gasteiger partial charge in [-0.05, 0) is 86.8 Å². The Morgan fingerprint density at radius 1 is 1.13 bits per heavy atom. The second-order valence-corrected chi connectivity index (χ2v) is 12.0. The second-order valence-electron chi connectivity index (χ2n) is 10.1. The molecule has 0 unspecified atom stereocenters. The zero-order chi connectivity index (χ0) is 21.8. The maximum atomic E-state index is 14.5. The maximum Gasteiger partial charge on any atom is 0.251 e. The first-order chi connectivity index (χ1) is 14.8. The van der Waals surface area contributed by atoms with Crippen LogP contribution in [0.5, 0.6) is 0 Å². The number of halogens is 1. The monoisotopic (exact) mass is 450 g/mol. The summed E-state index contributed by atoms with van der Waals surface area (Å²) in [6.45, 7) is 3.01. The molecule has 5 aliphatic rings. The molecule has 0 spiro atoms. The average Bonchev–Trinajstić information content (AvgIpc) is 2.73. The number of rotatable bonds is 5. The number of carbonyl (C=O) groups excluding carboxylic acids is 1. The van der Waals surface area contributed by atoms with Crippen LogP contribution in [0.4, 0.5) is 4.39 Å². The van der Waals surface area contributed by atoms with Crippen molar-refractivity contribution in [1.82, 2.24) is 9.62 Å². The Balaban J connectivity index is 1.35. The van der Waals surface area contributed by atoms with E-state index < -0.39 is 20.7 Å². The molecule has 0 aromatic heterocycles. The summed E-state index contributed by atoms with van der Waals surface area (Å²) in [5.41, 5.74) is 0.331. The van der Waals surface area contributed by atoms with E-state index in [1.54, 1.807) is 0 Å². The number of nitrogens with zero attached hydrogens (tertiary/aromatic N) is 1. The molecule has 1 amide bonds. The van der Waals surface area contributed by atoms with E-state index in [2.05, 4.69) is 12.2 Å². The van der Waals surface area contributed by atoms with Gasteiger partial charge in [0, 0.05) is 24.7 Å². The summed E-state index contributed by atoms with van der Waals surface area (Å²) in [5.74, 6) is 1.17. The lowest BCUT2D eigenvalue weighted by atomic mass is 9.48. The van der Waals surface area contributed by atoms with Gasteiger partial charge in [0.15, 0.2) is 0 Å². The molecular formula is C23H31FN2O4S. The number of ether oxygens (including phenoxy) is 1. The first-order valence-corrected chi connectivity index (χ1v) is 12.9. The van der Waals surface area contributed by atoms with Gasteiger partial charge in [-0.25, -0.2) is 12.8 Å². The minimum absolute atomic E-state index is 0.0118. The first kappa shape index (κ1) is 21.3. The van der Waals surface area contributed by atoms with Crippen LogP contribution in [0.2, 0.25) is 0 Å². The van der Waals surface area contributed by atoms with E-state index in [9.17, 15) is 17.6 Å². The van der Waals surface area contributed by atoms with Crippen molar-refractivity contribution in [3.63, 3.8) is 0 Å². The second kappa shape index (κ2) is 7.81. The van der Waals surface area contributed by atoms with E-state index in [0.29, 0.717) is 0 Å². The molecular weight excluding hydrogens is 419 g/mol. The van der Waals surface area contributed by atoms with Crippen molar-refractivity contribution in [2.75, 3.05) is 26.3 Å². The van der Waals surface area contributed by atoms with Crippen molar-refractivity contribution in [2.24, 2.45) is 23.2 Å². The summed E-state index contributed by atoms with van der Waals surface area (Å²) in [5, 5.41) is 3.14. The number of benzene rings is 1. The predicted octanol–water partition coefficient (Wildman–Crippen LogP) is 3.18. The maximum absolute atomic E-state index is 14.5. The highest BCUT2D eigenvalue weighted by Gasteiger charge is 2.53. The highest BCUT2D eigenvalue weighted by atomic mass is 32.2. The van der Waals surface area contributed by atoms with E-state index in [-0.39, 0.29) is 49.2 Å². The molecule has 4 aliphatic carbocycles. The molecule has 4 saturated carbocycles. The van der Waals surface area contributed by atoms with Crippen LogP contribution in [0, 0.1) is 29.0 Å². The van der Waals surface area contributed by atoms with Gasteiger partial charge in [0.2, 0.25) is 10.0 Å². The third kappa shape index (κ3) is 3.80. The highest BCUT2D eigenvalue weighted by molar-refractivity contribution is 7.89. The van der Waals surface area contributed by atoms with Gasteiger partial charge in [-0.3, -0.25) is 4.79 Å². The predicted molar refractivity (Wildman–Crippen MR) is 114 cm³/mol. The van der Waals surface area contributed by atoms with Gasteiger partial charge >= 0.3 is 0 Å². The fraction of sp³-hybridized carbons (Fsp3) is 0.696. The van der Waals surface area contributed by atoms with Crippen LogP contribution in [-0.2, 0) is 14.8 Å². The lowest BCUT2D eigenvalue weighted by Gasteiger charge is -2.59. The largest absolute Gasteiger partial charge is 0.379 e. The fourth-order valence-electron chi connectivity index (χ4n) is 6.91. The number of amides is 1. The van der Waals surface area contributed by atoms with Gasteiger partial charge in [0.1, 0.15) is 10.7 Å². The Labute approximate surface area is 183 Å². The molecule has 8 heteroatoms. The van der Waals surface area contributed by atoms with Gasteiger partial charge in [0.05, 0.1) is 13.2 Å². The Kier molecular flexibility index (Phi) is 5.38. The Hall–Kier alpha value is -1.51. The minimum atomic E-state index is -4.02. The van der Waals surface area contributed by atoms with E-state index in [0.717, 1.165) is 23.8 Å². The summed E-state index contributed by atoms with van der Waals surface area (Å²) in [6.07, 6.45) is 7.50. The summed E-state index contributed by atoms with van der Waals surface area (Å²) in [7, 11) is -4.02. The zero-order valence-corrected chi connectivity index (χ0v) is 18.8.